The van der Waals surface area contributed by atoms with E-state index in [9.17, 15) is 4.39 Å². The number of allylic oxidation sites excluding steroid dienone is 2. The lowest BCUT2D eigenvalue weighted by Gasteiger charge is -2.16. The fraction of sp³-hybridized carbons (Fsp3) is 0.188. The molecule has 5 aromatic rings. The lowest BCUT2D eigenvalue weighted by molar-refractivity contribution is 0.631. The molecule has 1 aromatic carbocycles. The number of halogens is 2. The molecule has 0 amide bonds. The van der Waals surface area contributed by atoms with Crippen LogP contribution >= 0.6 is 0 Å². The average molecular weight is 550 g/mol. The zero-order chi connectivity index (χ0) is 28.5. The van der Waals surface area contributed by atoms with E-state index in [1.165, 1.54) is 18.9 Å². The third kappa shape index (κ3) is 4.95. The molecule has 7 nitrogen and oxygen atoms in total. The summed E-state index contributed by atoms with van der Waals surface area (Å²) in [5.74, 6) is -0.209. The molecule has 1 aliphatic rings. The summed E-state index contributed by atoms with van der Waals surface area (Å²) in [4.78, 5) is 16.5. The van der Waals surface area contributed by atoms with Crippen molar-refractivity contribution in [3.05, 3.63) is 95.9 Å². The van der Waals surface area contributed by atoms with E-state index < -0.39 is 5.83 Å². The monoisotopic (exact) mass is 549 g/mol. The molecular weight excluding hydrogens is 520 g/mol. The molecule has 1 aliphatic carbocycles. The third-order valence-electron chi connectivity index (χ3n) is 7.59. The van der Waals surface area contributed by atoms with Crippen LogP contribution in [0.5, 0.6) is 0 Å². The quantitative estimate of drug-likeness (QED) is 0.223. The van der Waals surface area contributed by atoms with Gasteiger partial charge in [-0.25, -0.2) is 13.8 Å². The number of hydrogen-bond acceptors (Lipinski definition) is 5. The number of aromatic amines is 2. The predicted molar refractivity (Wildman–Crippen MR) is 159 cm³/mol. The molecule has 4 aromatic heterocycles. The SMILES string of the molecule is C=C(/C(F)=c1/c(-c2nc3c(-c4ccccc4F)cncc3[nH]2)n[nH]/c1=C/C)c1cncc(NC(=C)C2CCCC2)c1. The number of benzene rings is 1. The normalized spacial score (nSPS) is 15.0. The second-order valence-corrected chi connectivity index (χ2v) is 10.2. The zero-order valence-corrected chi connectivity index (χ0v) is 22.6. The molecule has 0 spiro atoms. The molecule has 0 saturated heterocycles. The number of anilines is 1. The Kier molecular flexibility index (Phi) is 7.01. The van der Waals surface area contributed by atoms with Crippen LogP contribution in [0.3, 0.4) is 0 Å². The van der Waals surface area contributed by atoms with Crippen LogP contribution in [0, 0.1) is 11.7 Å². The number of nitrogens with zero attached hydrogens (tertiary/aromatic N) is 4. The van der Waals surface area contributed by atoms with Crippen molar-refractivity contribution in [2.45, 2.75) is 32.6 Å². The van der Waals surface area contributed by atoms with E-state index in [1.54, 1.807) is 56.0 Å². The molecule has 0 radical (unpaired) electrons. The zero-order valence-electron chi connectivity index (χ0n) is 22.6. The van der Waals surface area contributed by atoms with E-state index in [4.69, 9.17) is 4.98 Å². The molecular formula is C32H29F2N7. The number of aromatic nitrogens is 6. The van der Waals surface area contributed by atoms with Crippen molar-refractivity contribution in [1.82, 2.24) is 30.1 Å². The molecule has 206 valence electrons. The number of fused-ring (bicyclic) bond motifs is 1. The number of hydrogen-bond donors (Lipinski definition) is 3. The second-order valence-electron chi connectivity index (χ2n) is 10.2. The molecule has 4 heterocycles. The van der Waals surface area contributed by atoms with Crippen LogP contribution in [-0.4, -0.2) is 30.1 Å². The van der Waals surface area contributed by atoms with Gasteiger partial charge in [0.1, 0.15) is 22.9 Å². The van der Waals surface area contributed by atoms with E-state index in [1.807, 2.05) is 6.07 Å². The van der Waals surface area contributed by atoms with Crippen LogP contribution in [0.2, 0.25) is 0 Å². The van der Waals surface area contributed by atoms with E-state index in [-0.39, 0.29) is 22.3 Å². The highest BCUT2D eigenvalue weighted by Crippen LogP contribution is 2.32. The van der Waals surface area contributed by atoms with Gasteiger partial charge in [0.2, 0.25) is 0 Å². The first-order chi connectivity index (χ1) is 19.9. The first kappa shape index (κ1) is 26.3. The average Bonchev–Trinajstić information content (AvgIpc) is 3.76. The lowest BCUT2D eigenvalue weighted by atomic mass is 10.0. The van der Waals surface area contributed by atoms with Gasteiger partial charge in [-0.05, 0) is 37.8 Å². The van der Waals surface area contributed by atoms with Crippen LogP contribution in [0.1, 0.15) is 38.2 Å². The predicted octanol–water partition coefficient (Wildman–Crippen LogP) is 6.26. The van der Waals surface area contributed by atoms with E-state index in [0.29, 0.717) is 44.8 Å². The lowest BCUT2D eigenvalue weighted by Crippen LogP contribution is -2.26. The molecule has 1 saturated carbocycles. The highest BCUT2D eigenvalue weighted by Gasteiger charge is 2.20. The first-order valence-electron chi connectivity index (χ1n) is 13.5. The largest absolute Gasteiger partial charge is 0.358 e. The van der Waals surface area contributed by atoms with E-state index >= 15 is 4.39 Å². The molecule has 0 unspecified atom stereocenters. The summed E-state index contributed by atoms with van der Waals surface area (Å²) >= 11 is 0. The van der Waals surface area contributed by atoms with Gasteiger partial charge in [-0.3, -0.25) is 15.1 Å². The van der Waals surface area contributed by atoms with Crippen molar-refractivity contribution >= 4 is 34.2 Å². The molecule has 6 rings (SSSR count). The molecule has 9 heteroatoms. The number of pyridine rings is 2. The Hall–Kier alpha value is -4.92. The summed E-state index contributed by atoms with van der Waals surface area (Å²) in [7, 11) is 0. The van der Waals surface area contributed by atoms with E-state index in [0.717, 1.165) is 24.2 Å². The number of H-pyrrole nitrogens is 2. The summed E-state index contributed by atoms with van der Waals surface area (Å²) in [5.41, 5.74) is 4.59. The second kappa shape index (κ2) is 10.9. The Balaban J connectivity index is 1.41. The van der Waals surface area contributed by atoms with Gasteiger partial charge >= 0.3 is 0 Å². The smallest absolute Gasteiger partial charge is 0.159 e. The molecule has 0 atom stereocenters. The van der Waals surface area contributed by atoms with Crippen molar-refractivity contribution in [3.63, 3.8) is 0 Å². The van der Waals surface area contributed by atoms with Crippen LogP contribution in [-0.2, 0) is 0 Å². The van der Waals surface area contributed by atoms with Crippen LogP contribution < -0.4 is 15.9 Å². The highest BCUT2D eigenvalue weighted by molar-refractivity contribution is 5.95. The third-order valence-corrected chi connectivity index (χ3v) is 7.59. The van der Waals surface area contributed by atoms with Gasteiger partial charge in [0.15, 0.2) is 5.82 Å². The Morgan fingerprint density at radius 2 is 1.83 bits per heavy atom. The minimum atomic E-state index is -0.566. The van der Waals surface area contributed by atoms with Crippen molar-refractivity contribution in [2.75, 3.05) is 5.32 Å². The Morgan fingerprint density at radius 1 is 1.05 bits per heavy atom. The summed E-state index contributed by atoms with van der Waals surface area (Å²) in [6, 6.07) is 8.25. The molecule has 0 bridgehead atoms. The molecule has 41 heavy (non-hydrogen) atoms. The van der Waals surface area contributed by atoms with Crippen molar-refractivity contribution in [3.8, 4) is 22.6 Å². The minimum absolute atomic E-state index is 0.156. The Morgan fingerprint density at radius 3 is 2.61 bits per heavy atom. The van der Waals surface area contributed by atoms with Gasteiger partial charge in [-0.15, -0.1) is 0 Å². The van der Waals surface area contributed by atoms with Crippen LogP contribution in [0.15, 0.2) is 74.0 Å². The maximum absolute atomic E-state index is 16.3. The van der Waals surface area contributed by atoms with E-state index in [2.05, 4.69) is 43.6 Å². The number of rotatable bonds is 7. The maximum atomic E-state index is 16.3. The van der Waals surface area contributed by atoms with Crippen LogP contribution in [0.4, 0.5) is 14.5 Å². The van der Waals surface area contributed by atoms with Gasteiger partial charge in [0, 0.05) is 40.4 Å². The first-order valence-corrected chi connectivity index (χ1v) is 13.5. The van der Waals surface area contributed by atoms with Crippen molar-refractivity contribution < 1.29 is 8.78 Å². The standard InChI is InChI=1S/C32H29F2N7/c1-4-26-28(29(34)18(2)21-13-22(15-35-14-21)37-19(3)20-9-5-6-10-20)31(41-40-26)32-38-27-17-36-16-24(30(27)39-32)23-11-7-8-12-25(23)33/h4,7-8,11-17,20,37,40H,2-3,5-6,9-10H2,1H3,(H,38,39)/b26-4+,29-28-. The fourth-order valence-electron chi connectivity index (χ4n) is 5.39. The van der Waals surface area contributed by atoms with Gasteiger partial charge in [-0.1, -0.05) is 50.3 Å². The number of nitrogens with one attached hydrogen (secondary N) is 3. The van der Waals surface area contributed by atoms with Gasteiger partial charge in [0.05, 0.1) is 34.2 Å². The maximum Gasteiger partial charge on any atom is 0.159 e. The van der Waals surface area contributed by atoms with Crippen molar-refractivity contribution in [1.29, 1.82) is 0 Å². The number of imidazole rings is 1. The highest BCUT2D eigenvalue weighted by atomic mass is 19.1. The van der Waals surface area contributed by atoms with Crippen LogP contribution in [0.25, 0.3) is 51.2 Å². The fourth-order valence-corrected chi connectivity index (χ4v) is 5.39. The van der Waals surface area contributed by atoms with Crippen molar-refractivity contribution in [2.24, 2.45) is 5.92 Å². The topological polar surface area (TPSA) is 95.2 Å². The summed E-state index contributed by atoms with van der Waals surface area (Å²) < 4.78 is 30.9. The van der Waals surface area contributed by atoms with Gasteiger partial charge < -0.3 is 10.3 Å². The molecule has 1 fully saturated rings. The summed E-state index contributed by atoms with van der Waals surface area (Å²) in [6.07, 6.45) is 12.8. The van der Waals surface area contributed by atoms with Gasteiger partial charge in [-0.2, -0.15) is 5.10 Å². The molecule has 3 N–H and O–H groups in total. The molecule has 0 aliphatic heterocycles. The minimum Gasteiger partial charge on any atom is -0.358 e. The summed E-state index contributed by atoms with van der Waals surface area (Å²) in [6.45, 7) is 10.0. The Labute approximate surface area is 235 Å². The summed E-state index contributed by atoms with van der Waals surface area (Å²) in [5, 5.41) is 11.3. The Bertz CT molecular complexity index is 1910. The van der Waals surface area contributed by atoms with Gasteiger partial charge in [0.25, 0.3) is 0 Å².